The first-order valence-corrected chi connectivity index (χ1v) is 6.66. The maximum atomic E-state index is 11.3. The fourth-order valence-electron chi connectivity index (χ4n) is 1.09. The van der Waals surface area contributed by atoms with Crippen molar-refractivity contribution in [3.63, 3.8) is 0 Å². The Labute approximate surface area is 111 Å². The van der Waals surface area contributed by atoms with Crippen molar-refractivity contribution in [2.24, 2.45) is 5.92 Å². The minimum Gasteiger partial charge on any atom is -0.452 e. The molecule has 0 spiro atoms. The zero-order chi connectivity index (χ0) is 13.4. The number of hydrogen-bond acceptors (Lipinski definition) is 4. The van der Waals surface area contributed by atoms with E-state index in [1.807, 2.05) is 30.7 Å². The Bertz CT molecular complexity index is 410. The van der Waals surface area contributed by atoms with Crippen LogP contribution in [0.15, 0.2) is 22.9 Å². The summed E-state index contributed by atoms with van der Waals surface area (Å²) in [5.41, 5.74) is 0.946. The van der Waals surface area contributed by atoms with Crippen molar-refractivity contribution in [3.8, 4) is 0 Å². The molecule has 0 bridgehead atoms. The van der Waals surface area contributed by atoms with Crippen molar-refractivity contribution < 1.29 is 14.3 Å². The van der Waals surface area contributed by atoms with E-state index in [2.05, 4.69) is 5.32 Å². The van der Waals surface area contributed by atoms with Crippen molar-refractivity contribution in [1.82, 2.24) is 5.32 Å². The minimum absolute atomic E-state index is 0.237. The van der Waals surface area contributed by atoms with E-state index < -0.39 is 5.97 Å². The second kappa shape index (κ2) is 7.66. The third-order valence-electron chi connectivity index (χ3n) is 2.01. The highest BCUT2D eigenvalue weighted by Gasteiger charge is 2.05. The van der Waals surface area contributed by atoms with E-state index in [0.717, 1.165) is 5.56 Å². The molecule has 1 rings (SSSR count). The number of ether oxygens (including phenoxy) is 1. The van der Waals surface area contributed by atoms with Gasteiger partial charge in [0.25, 0.3) is 5.91 Å². The normalized spacial score (nSPS) is 10.8. The Morgan fingerprint density at radius 3 is 2.89 bits per heavy atom. The first-order valence-electron chi connectivity index (χ1n) is 5.71. The van der Waals surface area contributed by atoms with Crippen LogP contribution in [0.3, 0.4) is 0 Å². The molecule has 1 aromatic rings. The Kier molecular flexibility index (Phi) is 6.14. The van der Waals surface area contributed by atoms with Crippen LogP contribution in [0.4, 0.5) is 0 Å². The topological polar surface area (TPSA) is 55.4 Å². The number of esters is 1. The lowest BCUT2D eigenvalue weighted by Gasteiger charge is -2.07. The largest absolute Gasteiger partial charge is 0.452 e. The molecule has 0 aromatic carbocycles. The van der Waals surface area contributed by atoms with Gasteiger partial charge in [-0.15, -0.1) is 0 Å². The van der Waals surface area contributed by atoms with Crippen molar-refractivity contribution in [2.75, 3.05) is 13.2 Å². The maximum Gasteiger partial charge on any atom is 0.331 e. The molecule has 1 heterocycles. The second-order valence-corrected chi connectivity index (χ2v) is 4.98. The summed E-state index contributed by atoms with van der Waals surface area (Å²) < 4.78 is 4.80. The lowest BCUT2D eigenvalue weighted by molar-refractivity contribution is -0.143. The van der Waals surface area contributed by atoms with E-state index >= 15 is 0 Å². The van der Waals surface area contributed by atoms with Gasteiger partial charge in [-0.05, 0) is 34.4 Å². The number of carbonyl (C=O) groups is 2. The summed E-state index contributed by atoms with van der Waals surface area (Å²) in [5, 5.41) is 6.51. The highest BCUT2D eigenvalue weighted by atomic mass is 32.1. The van der Waals surface area contributed by atoms with Gasteiger partial charge in [-0.1, -0.05) is 13.8 Å². The van der Waals surface area contributed by atoms with Gasteiger partial charge >= 0.3 is 5.97 Å². The van der Waals surface area contributed by atoms with Crippen LogP contribution < -0.4 is 5.32 Å². The molecule has 4 nitrogen and oxygen atoms in total. The average molecular weight is 267 g/mol. The molecule has 0 atom stereocenters. The Hall–Kier alpha value is -1.62. The molecule has 18 heavy (non-hydrogen) atoms. The molecule has 0 fully saturated rings. The molecule has 1 N–H and O–H groups in total. The zero-order valence-electron chi connectivity index (χ0n) is 10.5. The molecule has 0 saturated carbocycles. The summed E-state index contributed by atoms with van der Waals surface area (Å²) in [6.45, 7) is 4.34. The van der Waals surface area contributed by atoms with Crippen LogP contribution in [-0.2, 0) is 14.3 Å². The molecule has 0 aliphatic heterocycles. The summed E-state index contributed by atoms with van der Waals surface area (Å²) >= 11 is 1.55. The monoisotopic (exact) mass is 267 g/mol. The quantitative estimate of drug-likeness (QED) is 0.634. The van der Waals surface area contributed by atoms with E-state index in [4.69, 9.17) is 4.74 Å². The summed E-state index contributed by atoms with van der Waals surface area (Å²) in [6, 6.07) is 1.89. The van der Waals surface area contributed by atoms with Crippen LogP contribution in [0, 0.1) is 5.92 Å². The lowest BCUT2D eigenvalue weighted by atomic mass is 10.2. The van der Waals surface area contributed by atoms with Crippen molar-refractivity contribution in [1.29, 1.82) is 0 Å². The fourth-order valence-corrected chi connectivity index (χ4v) is 1.72. The number of hydrogen-bond donors (Lipinski definition) is 1. The number of rotatable bonds is 6. The van der Waals surface area contributed by atoms with E-state index in [1.165, 1.54) is 6.08 Å². The summed E-state index contributed by atoms with van der Waals surface area (Å²) in [6.07, 6.45) is 2.97. The van der Waals surface area contributed by atoms with Gasteiger partial charge in [0, 0.05) is 12.6 Å². The SMILES string of the molecule is CC(C)CNC(=O)COC(=O)/C=C/c1ccsc1. The van der Waals surface area contributed by atoms with Crippen molar-refractivity contribution in [2.45, 2.75) is 13.8 Å². The third kappa shape index (κ3) is 6.20. The van der Waals surface area contributed by atoms with Crippen LogP contribution in [0.5, 0.6) is 0 Å². The van der Waals surface area contributed by atoms with Crippen LogP contribution in [0.1, 0.15) is 19.4 Å². The fraction of sp³-hybridized carbons (Fsp3) is 0.385. The first kappa shape index (κ1) is 14.4. The molecule has 98 valence electrons. The van der Waals surface area contributed by atoms with Gasteiger partial charge in [-0.3, -0.25) is 4.79 Å². The molecular formula is C13H17NO3S. The van der Waals surface area contributed by atoms with Gasteiger partial charge in [0.2, 0.25) is 0 Å². The maximum absolute atomic E-state index is 11.3. The van der Waals surface area contributed by atoms with Gasteiger partial charge in [0.15, 0.2) is 6.61 Å². The molecule has 0 saturated heterocycles. The van der Waals surface area contributed by atoms with Gasteiger partial charge in [0.1, 0.15) is 0 Å². The average Bonchev–Trinajstić information content (AvgIpc) is 2.84. The van der Waals surface area contributed by atoms with Crippen LogP contribution >= 0.6 is 11.3 Å². The molecule has 1 amide bonds. The van der Waals surface area contributed by atoms with Crippen LogP contribution in [-0.4, -0.2) is 25.0 Å². The smallest absolute Gasteiger partial charge is 0.331 e. The van der Waals surface area contributed by atoms with E-state index in [-0.39, 0.29) is 12.5 Å². The zero-order valence-corrected chi connectivity index (χ0v) is 11.3. The molecule has 5 heteroatoms. The van der Waals surface area contributed by atoms with Gasteiger partial charge in [-0.2, -0.15) is 11.3 Å². The standard InChI is InChI=1S/C13H17NO3S/c1-10(2)7-14-12(15)8-17-13(16)4-3-11-5-6-18-9-11/h3-6,9-10H,7-8H2,1-2H3,(H,14,15)/b4-3+. The molecule has 0 radical (unpaired) electrons. The number of carbonyl (C=O) groups excluding carboxylic acids is 2. The second-order valence-electron chi connectivity index (χ2n) is 4.20. The Morgan fingerprint density at radius 2 is 2.28 bits per heavy atom. The number of thiophene rings is 1. The molecular weight excluding hydrogens is 250 g/mol. The van der Waals surface area contributed by atoms with E-state index in [1.54, 1.807) is 17.4 Å². The van der Waals surface area contributed by atoms with Gasteiger partial charge in [-0.25, -0.2) is 4.79 Å². The Balaban J connectivity index is 2.23. The molecule has 0 aliphatic carbocycles. The summed E-state index contributed by atoms with van der Waals surface area (Å²) in [7, 11) is 0. The summed E-state index contributed by atoms with van der Waals surface area (Å²) in [4.78, 5) is 22.6. The Morgan fingerprint density at radius 1 is 1.50 bits per heavy atom. The van der Waals surface area contributed by atoms with Gasteiger partial charge < -0.3 is 10.1 Å². The highest BCUT2D eigenvalue weighted by Crippen LogP contribution is 2.07. The van der Waals surface area contributed by atoms with Gasteiger partial charge in [0.05, 0.1) is 0 Å². The number of nitrogens with one attached hydrogen (secondary N) is 1. The summed E-state index contributed by atoms with van der Waals surface area (Å²) in [5.74, 6) is -0.412. The third-order valence-corrected chi connectivity index (χ3v) is 2.71. The molecule has 0 aliphatic rings. The van der Waals surface area contributed by atoms with Crippen molar-refractivity contribution in [3.05, 3.63) is 28.5 Å². The lowest BCUT2D eigenvalue weighted by Crippen LogP contribution is -2.31. The minimum atomic E-state index is -0.513. The molecule has 0 unspecified atom stereocenters. The number of amides is 1. The van der Waals surface area contributed by atoms with E-state index in [9.17, 15) is 9.59 Å². The van der Waals surface area contributed by atoms with Crippen LogP contribution in [0.25, 0.3) is 6.08 Å². The predicted molar refractivity (Wildman–Crippen MR) is 72.2 cm³/mol. The molecule has 1 aromatic heterocycles. The highest BCUT2D eigenvalue weighted by molar-refractivity contribution is 7.08. The van der Waals surface area contributed by atoms with Crippen molar-refractivity contribution >= 4 is 29.3 Å². The first-order chi connectivity index (χ1) is 8.58. The van der Waals surface area contributed by atoms with Crippen LogP contribution in [0.2, 0.25) is 0 Å². The predicted octanol–water partition coefficient (Wildman–Crippen LogP) is 2.08. The van der Waals surface area contributed by atoms with E-state index in [0.29, 0.717) is 12.5 Å².